The van der Waals surface area contributed by atoms with Gasteiger partial charge in [0.2, 0.25) is 5.91 Å². The van der Waals surface area contributed by atoms with Crippen LogP contribution in [-0.2, 0) is 4.79 Å². The molecule has 148 valence electrons. The summed E-state index contributed by atoms with van der Waals surface area (Å²) in [5.74, 6) is 1.15. The van der Waals surface area contributed by atoms with Crippen molar-refractivity contribution in [3.63, 3.8) is 0 Å². The van der Waals surface area contributed by atoms with Gasteiger partial charge < -0.3 is 16.0 Å². The number of hydrogen-bond acceptors (Lipinski definition) is 7. The van der Waals surface area contributed by atoms with Crippen LogP contribution in [0.25, 0.3) is 22.2 Å². The van der Waals surface area contributed by atoms with E-state index in [0.29, 0.717) is 30.4 Å². The van der Waals surface area contributed by atoms with E-state index < -0.39 is 5.67 Å². The summed E-state index contributed by atoms with van der Waals surface area (Å²) in [5.41, 5.74) is 0.887. The normalized spacial score (nSPS) is 17.6. The molecular formula is C20H20FN7O. The second kappa shape index (κ2) is 7.00. The molecule has 29 heavy (non-hydrogen) atoms. The molecule has 2 fully saturated rings. The van der Waals surface area contributed by atoms with Crippen molar-refractivity contribution in [2.45, 2.75) is 18.5 Å². The molecule has 3 aromatic rings. The van der Waals surface area contributed by atoms with Crippen LogP contribution in [0.5, 0.6) is 0 Å². The first-order valence-corrected chi connectivity index (χ1v) is 9.61. The maximum atomic E-state index is 14.2. The van der Waals surface area contributed by atoms with Crippen LogP contribution in [0.3, 0.4) is 0 Å². The van der Waals surface area contributed by atoms with Crippen molar-refractivity contribution >= 4 is 28.4 Å². The highest BCUT2D eigenvalue weighted by Gasteiger charge is 2.36. The predicted octanol–water partition coefficient (Wildman–Crippen LogP) is 2.16. The van der Waals surface area contributed by atoms with Crippen LogP contribution in [0.4, 0.5) is 16.0 Å². The second-order valence-corrected chi connectivity index (χ2v) is 7.65. The fourth-order valence-corrected chi connectivity index (χ4v) is 3.17. The van der Waals surface area contributed by atoms with Gasteiger partial charge >= 0.3 is 0 Å². The van der Waals surface area contributed by atoms with Gasteiger partial charge in [0, 0.05) is 36.2 Å². The summed E-state index contributed by atoms with van der Waals surface area (Å²) >= 11 is 0. The molecule has 0 atom stereocenters. The number of fused-ring (bicyclic) bond motifs is 1. The van der Waals surface area contributed by atoms with Crippen LogP contribution in [-0.4, -0.2) is 51.1 Å². The van der Waals surface area contributed by atoms with Crippen LogP contribution >= 0.6 is 0 Å². The Morgan fingerprint density at radius 2 is 2.00 bits per heavy atom. The van der Waals surface area contributed by atoms with E-state index in [1.807, 2.05) is 6.07 Å². The lowest BCUT2D eigenvalue weighted by Gasteiger charge is -2.35. The molecule has 0 unspecified atom stereocenters. The van der Waals surface area contributed by atoms with E-state index in [9.17, 15) is 9.18 Å². The van der Waals surface area contributed by atoms with Crippen molar-refractivity contribution in [1.29, 1.82) is 0 Å². The van der Waals surface area contributed by atoms with Crippen molar-refractivity contribution in [1.82, 2.24) is 25.3 Å². The lowest BCUT2D eigenvalue weighted by Crippen LogP contribution is -2.59. The molecule has 3 N–H and O–H groups in total. The largest absolute Gasteiger partial charge is 0.365 e. The van der Waals surface area contributed by atoms with Gasteiger partial charge in [-0.2, -0.15) is 0 Å². The Hall–Kier alpha value is -3.20. The molecule has 0 spiro atoms. The van der Waals surface area contributed by atoms with Crippen molar-refractivity contribution < 1.29 is 9.18 Å². The number of hydrogen-bond donors (Lipinski definition) is 3. The Labute approximate surface area is 166 Å². The number of carbonyl (C=O) groups is 1. The molecule has 5 rings (SSSR count). The Morgan fingerprint density at radius 1 is 1.14 bits per heavy atom. The number of aromatic nitrogens is 4. The minimum atomic E-state index is -1.24. The van der Waals surface area contributed by atoms with Crippen molar-refractivity contribution in [3.8, 4) is 11.3 Å². The third-order valence-electron chi connectivity index (χ3n) is 5.17. The lowest BCUT2D eigenvalue weighted by atomic mass is 10.00. The lowest BCUT2D eigenvalue weighted by molar-refractivity contribution is -0.117. The highest BCUT2D eigenvalue weighted by molar-refractivity contribution is 5.95. The molecular weight excluding hydrogens is 373 g/mol. The number of pyridine rings is 2. The molecule has 1 aliphatic carbocycles. The topological polar surface area (TPSA) is 105 Å². The van der Waals surface area contributed by atoms with E-state index in [1.165, 1.54) is 0 Å². The van der Waals surface area contributed by atoms with Crippen LogP contribution in [0.2, 0.25) is 0 Å². The molecule has 8 nitrogen and oxygen atoms in total. The van der Waals surface area contributed by atoms with Crippen LogP contribution in [0.1, 0.15) is 12.8 Å². The van der Waals surface area contributed by atoms with E-state index in [4.69, 9.17) is 0 Å². The van der Waals surface area contributed by atoms with Crippen LogP contribution in [0, 0.1) is 5.92 Å². The summed E-state index contributed by atoms with van der Waals surface area (Å²) in [7, 11) is 0. The third-order valence-corrected chi connectivity index (χ3v) is 5.17. The van der Waals surface area contributed by atoms with Gasteiger partial charge in [-0.25, -0.2) is 14.4 Å². The maximum absolute atomic E-state index is 14.2. The van der Waals surface area contributed by atoms with Crippen LogP contribution < -0.4 is 16.0 Å². The molecule has 0 aromatic carbocycles. The molecule has 0 bridgehead atoms. The Kier molecular flexibility index (Phi) is 4.31. The highest BCUT2D eigenvalue weighted by Crippen LogP contribution is 2.30. The Morgan fingerprint density at radius 3 is 2.76 bits per heavy atom. The zero-order chi connectivity index (χ0) is 19.8. The fourth-order valence-electron chi connectivity index (χ4n) is 3.17. The highest BCUT2D eigenvalue weighted by atomic mass is 19.1. The number of rotatable bonds is 6. The van der Waals surface area contributed by atoms with Gasteiger partial charge in [0.15, 0.2) is 5.67 Å². The minimum Gasteiger partial charge on any atom is -0.365 e. The van der Waals surface area contributed by atoms with Gasteiger partial charge in [0.05, 0.1) is 36.3 Å². The third kappa shape index (κ3) is 3.86. The molecule has 4 heterocycles. The fraction of sp³-hybridized carbons (Fsp3) is 0.350. The first-order valence-electron chi connectivity index (χ1n) is 9.61. The molecule has 1 saturated carbocycles. The van der Waals surface area contributed by atoms with Gasteiger partial charge in [0.25, 0.3) is 0 Å². The van der Waals surface area contributed by atoms with Crippen molar-refractivity contribution in [3.05, 3.63) is 36.9 Å². The molecule has 2 aliphatic rings. The van der Waals surface area contributed by atoms with Gasteiger partial charge in [-0.1, -0.05) is 0 Å². The van der Waals surface area contributed by atoms with Gasteiger partial charge in [-0.15, -0.1) is 0 Å². The van der Waals surface area contributed by atoms with E-state index >= 15 is 0 Å². The summed E-state index contributed by atoms with van der Waals surface area (Å²) in [6.07, 6.45) is 8.43. The monoisotopic (exact) mass is 393 g/mol. The first kappa shape index (κ1) is 17.9. The zero-order valence-corrected chi connectivity index (χ0v) is 15.7. The average molecular weight is 393 g/mol. The van der Waals surface area contributed by atoms with E-state index in [1.54, 1.807) is 30.9 Å². The van der Waals surface area contributed by atoms with Gasteiger partial charge in [0.1, 0.15) is 11.6 Å². The van der Waals surface area contributed by atoms with Crippen molar-refractivity contribution in [2.75, 3.05) is 30.3 Å². The van der Waals surface area contributed by atoms with Gasteiger partial charge in [-0.3, -0.25) is 14.8 Å². The number of halogens is 1. The number of amides is 1. The number of anilines is 2. The average Bonchev–Trinajstić information content (AvgIpc) is 3.56. The van der Waals surface area contributed by atoms with E-state index in [-0.39, 0.29) is 18.4 Å². The predicted molar refractivity (Wildman–Crippen MR) is 107 cm³/mol. The molecule has 1 saturated heterocycles. The summed E-state index contributed by atoms with van der Waals surface area (Å²) < 4.78 is 14.2. The summed E-state index contributed by atoms with van der Waals surface area (Å²) in [4.78, 5) is 29.4. The smallest absolute Gasteiger partial charge is 0.228 e. The summed E-state index contributed by atoms with van der Waals surface area (Å²) in [5, 5.41) is 9.63. The maximum Gasteiger partial charge on any atom is 0.228 e. The van der Waals surface area contributed by atoms with Gasteiger partial charge in [-0.05, 0) is 25.0 Å². The number of alkyl halides is 1. The minimum absolute atomic E-state index is 0.0119. The molecule has 3 aromatic heterocycles. The zero-order valence-electron chi connectivity index (χ0n) is 15.7. The number of nitrogens with zero attached hydrogens (tertiary/aromatic N) is 4. The Bertz CT molecular complexity index is 1080. The molecule has 1 aliphatic heterocycles. The van der Waals surface area contributed by atoms with Crippen molar-refractivity contribution in [2.24, 2.45) is 5.92 Å². The summed E-state index contributed by atoms with van der Waals surface area (Å²) in [6, 6.07) is 3.73. The number of nitrogens with one attached hydrogen (secondary N) is 3. The van der Waals surface area contributed by atoms with E-state index in [2.05, 4.69) is 35.9 Å². The molecule has 1 amide bonds. The second-order valence-electron chi connectivity index (χ2n) is 7.65. The summed E-state index contributed by atoms with van der Waals surface area (Å²) in [6.45, 7) is 0.870. The first-order chi connectivity index (χ1) is 14.1. The standard InChI is InChI=1S/C20H20FN7O/c21-20(9-23-10-20)11-26-18-8-22-6-16(27-18)14-3-13-4-17(25-7-15(13)24-5-14)28-19(29)12-1-2-12/h3-8,12,23H,1-2,9-11H2,(H,26,27)(H,25,28,29). The molecule has 9 heteroatoms. The Balaban J connectivity index is 1.37. The molecule has 0 radical (unpaired) electrons. The van der Waals surface area contributed by atoms with Crippen LogP contribution in [0.15, 0.2) is 36.9 Å². The number of carbonyl (C=O) groups excluding carboxylic acids is 1. The SMILES string of the molecule is O=C(Nc1cc2cc(-c3cncc(NCC4(F)CNC4)n3)cnc2cn1)C1CC1. The van der Waals surface area contributed by atoms with E-state index in [0.717, 1.165) is 29.3 Å². The quantitative estimate of drug-likeness (QED) is 0.589.